The lowest BCUT2D eigenvalue weighted by molar-refractivity contribution is -0.154. The van der Waals surface area contributed by atoms with Gasteiger partial charge in [0.1, 0.15) is 5.54 Å². The maximum absolute atomic E-state index is 13.2. The molecule has 0 bridgehead atoms. The predicted octanol–water partition coefficient (Wildman–Crippen LogP) is 3.05. The minimum atomic E-state index is -4.40. The summed E-state index contributed by atoms with van der Waals surface area (Å²) in [5.74, 6) is -0.459. The van der Waals surface area contributed by atoms with Crippen molar-refractivity contribution in [3.05, 3.63) is 35.9 Å². The highest BCUT2D eigenvalue weighted by Gasteiger charge is 2.53. The third-order valence-electron chi connectivity index (χ3n) is 5.43. The maximum atomic E-state index is 13.2. The molecule has 1 aromatic carbocycles. The zero-order valence-electron chi connectivity index (χ0n) is 17.4. The van der Waals surface area contributed by atoms with Gasteiger partial charge in [0.15, 0.2) is 0 Å². The van der Waals surface area contributed by atoms with E-state index in [1.165, 1.54) is 0 Å². The van der Waals surface area contributed by atoms with Crippen molar-refractivity contribution < 1.29 is 22.8 Å². The zero-order chi connectivity index (χ0) is 21.9. The summed E-state index contributed by atoms with van der Waals surface area (Å²) in [5.41, 5.74) is 0.0442. The predicted molar refractivity (Wildman–Crippen MR) is 106 cm³/mol. The second kappa shape index (κ2) is 8.93. The van der Waals surface area contributed by atoms with Gasteiger partial charge in [0.05, 0.1) is 13.2 Å². The monoisotopic (exact) mass is 426 g/mol. The Hall–Kier alpha value is -2.13. The minimum absolute atomic E-state index is 0.0295. The number of halogens is 3. The molecule has 0 aliphatic carbocycles. The van der Waals surface area contributed by atoms with Gasteiger partial charge in [0, 0.05) is 19.6 Å². The van der Waals surface area contributed by atoms with E-state index in [4.69, 9.17) is 0 Å². The average molecular weight is 426 g/mol. The SMILES string of the molecule is CC(C)CN(CN1C(=O)NC2(CCCN(Cc3ccccc3)C2)C1=O)CC(F)(F)F. The van der Waals surface area contributed by atoms with Crippen LogP contribution in [-0.2, 0) is 11.3 Å². The number of nitrogens with one attached hydrogen (secondary N) is 1. The molecular formula is C21H29F3N4O2. The molecule has 30 heavy (non-hydrogen) atoms. The summed E-state index contributed by atoms with van der Waals surface area (Å²) in [6.07, 6.45) is -3.18. The van der Waals surface area contributed by atoms with Crippen molar-refractivity contribution in [1.82, 2.24) is 20.0 Å². The smallest absolute Gasteiger partial charge is 0.322 e. The molecule has 3 amide bonds. The van der Waals surface area contributed by atoms with Crippen molar-refractivity contribution in [2.24, 2.45) is 5.92 Å². The van der Waals surface area contributed by atoms with Gasteiger partial charge in [-0.15, -0.1) is 0 Å². The fourth-order valence-electron chi connectivity index (χ4n) is 4.34. The topological polar surface area (TPSA) is 55.9 Å². The molecule has 2 aliphatic rings. The Morgan fingerprint density at radius 2 is 1.90 bits per heavy atom. The first kappa shape index (κ1) is 22.6. The number of hydrogen-bond acceptors (Lipinski definition) is 4. The normalized spacial score (nSPS) is 23.1. The van der Waals surface area contributed by atoms with Gasteiger partial charge in [-0.25, -0.2) is 9.69 Å². The van der Waals surface area contributed by atoms with Gasteiger partial charge in [-0.2, -0.15) is 13.2 Å². The van der Waals surface area contributed by atoms with Crippen LogP contribution in [0.3, 0.4) is 0 Å². The van der Waals surface area contributed by atoms with E-state index in [0.717, 1.165) is 28.3 Å². The van der Waals surface area contributed by atoms with Gasteiger partial charge in [0.2, 0.25) is 0 Å². The molecule has 1 aromatic rings. The maximum Gasteiger partial charge on any atom is 0.401 e. The highest BCUT2D eigenvalue weighted by atomic mass is 19.4. The van der Waals surface area contributed by atoms with E-state index in [1.54, 1.807) is 13.8 Å². The highest BCUT2D eigenvalue weighted by Crippen LogP contribution is 2.30. The number of imide groups is 1. The number of carbonyl (C=O) groups excluding carboxylic acids is 2. The van der Waals surface area contributed by atoms with Crippen molar-refractivity contribution in [3.63, 3.8) is 0 Å². The lowest BCUT2D eigenvalue weighted by Gasteiger charge is -2.38. The number of rotatable bonds is 7. The van der Waals surface area contributed by atoms with Crippen LogP contribution in [0, 0.1) is 5.92 Å². The lowest BCUT2D eigenvalue weighted by Crippen LogP contribution is -2.58. The second-order valence-corrected chi connectivity index (χ2v) is 8.71. The van der Waals surface area contributed by atoms with E-state index >= 15 is 0 Å². The molecule has 2 saturated heterocycles. The minimum Gasteiger partial charge on any atom is -0.322 e. The number of benzene rings is 1. The number of likely N-dealkylation sites (tertiary alicyclic amines) is 1. The number of nitrogens with zero attached hydrogens (tertiary/aromatic N) is 3. The van der Waals surface area contributed by atoms with E-state index in [-0.39, 0.29) is 19.1 Å². The van der Waals surface area contributed by atoms with Crippen LogP contribution in [0.15, 0.2) is 30.3 Å². The molecule has 1 spiro atoms. The van der Waals surface area contributed by atoms with E-state index in [2.05, 4.69) is 10.2 Å². The standard InChI is InChI=1S/C21H29F3N4O2/c1-16(2)11-27(14-21(22,23)24)15-28-18(29)20(25-19(28)30)9-6-10-26(13-20)12-17-7-4-3-5-8-17/h3-5,7-8,16H,6,9-15H2,1-2H3,(H,25,30). The van der Waals surface area contributed by atoms with Gasteiger partial charge in [-0.3, -0.25) is 14.6 Å². The molecule has 1 unspecified atom stereocenters. The molecular weight excluding hydrogens is 397 g/mol. The molecule has 2 aliphatic heterocycles. The second-order valence-electron chi connectivity index (χ2n) is 8.71. The summed E-state index contributed by atoms with van der Waals surface area (Å²) in [6, 6.07) is 9.22. The molecule has 6 nitrogen and oxygen atoms in total. The van der Waals surface area contributed by atoms with Crippen LogP contribution in [0.4, 0.5) is 18.0 Å². The van der Waals surface area contributed by atoms with Crippen molar-refractivity contribution >= 4 is 11.9 Å². The zero-order valence-corrected chi connectivity index (χ0v) is 17.4. The van der Waals surface area contributed by atoms with Crippen LogP contribution in [0.25, 0.3) is 0 Å². The lowest BCUT2D eigenvalue weighted by atomic mass is 9.88. The molecule has 0 saturated carbocycles. The Bertz CT molecular complexity index is 756. The third-order valence-corrected chi connectivity index (χ3v) is 5.43. The summed E-state index contributed by atoms with van der Waals surface area (Å²) in [6.45, 7) is 4.04. The fraction of sp³-hybridized carbons (Fsp3) is 0.619. The van der Waals surface area contributed by atoms with Crippen LogP contribution < -0.4 is 5.32 Å². The number of alkyl halides is 3. The van der Waals surface area contributed by atoms with Crippen LogP contribution in [0.1, 0.15) is 32.3 Å². The average Bonchev–Trinajstić information content (AvgIpc) is 2.85. The van der Waals surface area contributed by atoms with E-state index in [1.807, 2.05) is 30.3 Å². The molecule has 9 heteroatoms. The quantitative estimate of drug-likeness (QED) is 0.681. The number of carbonyl (C=O) groups is 2. The van der Waals surface area contributed by atoms with Gasteiger partial charge >= 0.3 is 12.2 Å². The first-order valence-corrected chi connectivity index (χ1v) is 10.3. The summed E-state index contributed by atoms with van der Waals surface area (Å²) in [7, 11) is 0. The molecule has 1 atom stereocenters. The summed E-state index contributed by atoms with van der Waals surface area (Å²) >= 11 is 0. The Labute approximate surface area is 175 Å². The Morgan fingerprint density at radius 3 is 2.53 bits per heavy atom. The van der Waals surface area contributed by atoms with E-state index < -0.39 is 30.2 Å². The molecule has 2 fully saturated rings. The van der Waals surface area contributed by atoms with Gasteiger partial charge in [-0.1, -0.05) is 44.2 Å². The van der Waals surface area contributed by atoms with E-state index in [9.17, 15) is 22.8 Å². The first-order chi connectivity index (χ1) is 14.1. The Morgan fingerprint density at radius 1 is 1.20 bits per heavy atom. The van der Waals surface area contributed by atoms with Crippen LogP contribution >= 0.6 is 0 Å². The highest BCUT2D eigenvalue weighted by molar-refractivity contribution is 6.07. The van der Waals surface area contributed by atoms with Crippen molar-refractivity contribution in [3.8, 4) is 0 Å². The van der Waals surface area contributed by atoms with E-state index in [0.29, 0.717) is 19.5 Å². The number of urea groups is 1. The summed E-state index contributed by atoms with van der Waals surface area (Å²) in [4.78, 5) is 29.9. The van der Waals surface area contributed by atoms with Crippen molar-refractivity contribution in [2.75, 3.05) is 32.8 Å². The first-order valence-electron chi connectivity index (χ1n) is 10.3. The fourth-order valence-corrected chi connectivity index (χ4v) is 4.34. The summed E-state index contributed by atoms with van der Waals surface area (Å²) in [5, 5.41) is 2.79. The van der Waals surface area contributed by atoms with Crippen molar-refractivity contribution in [1.29, 1.82) is 0 Å². The molecule has 0 aromatic heterocycles. The van der Waals surface area contributed by atoms with Gasteiger partial charge in [-0.05, 0) is 30.9 Å². The number of hydrogen-bond donors (Lipinski definition) is 1. The van der Waals surface area contributed by atoms with Crippen molar-refractivity contribution in [2.45, 2.75) is 44.9 Å². The van der Waals surface area contributed by atoms with Gasteiger partial charge < -0.3 is 5.32 Å². The summed E-state index contributed by atoms with van der Waals surface area (Å²) < 4.78 is 38.9. The molecule has 166 valence electrons. The third kappa shape index (κ3) is 5.51. The Kier molecular flexibility index (Phi) is 6.71. The van der Waals surface area contributed by atoms with Crippen LogP contribution in [-0.4, -0.2) is 71.2 Å². The molecule has 0 radical (unpaired) electrons. The molecule has 1 N–H and O–H groups in total. The van der Waals surface area contributed by atoms with Crippen LogP contribution in [0.2, 0.25) is 0 Å². The van der Waals surface area contributed by atoms with Gasteiger partial charge in [0.25, 0.3) is 5.91 Å². The van der Waals surface area contributed by atoms with Crippen LogP contribution in [0.5, 0.6) is 0 Å². The molecule has 2 heterocycles. The number of amides is 3. The molecule has 3 rings (SSSR count). The largest absolute Gasteiger partial charge is 0.401 e. The number of piperidine rings is 1. The Balaban J connectivity index is 1.70.